The highest BCUT2D eigenvalue weighted by Crippen LogP contribution is 2.29. The van der Waals surface area contributed by atoms with E-state index in [0.29, 0.717) is 5.15 Å². The van der Waals surface area contributed by atoms with Crippen molar-refractivity contribution in [2.45, 2.75) is 25.7 Å². The highest BCUT2D eigenvalue weighted by Gasteiger charge is 2.28. The van der Waals surface area contributed by atoms with E-state index in [2.05, 4.69) is 9.72 Å². The van der Waals surface area contributed by atoms with Gasteiger partial charge in [0.15, 0.2) is 0 Å². The number of rotatable bonds is 1. The lowest BCUT2D eigenvalue weighted by atomic mass is 9.91. The van der Waals surface area contributed by atoms with E-state index < -0.39 is 11.9 Å². The second kappa shape index (κ2) is 4.22. The van der Waals surface area contributed by atoms with Crippen LogP contribution in [0.1, 0.15) is 30.0 Å². The van der Waals surface area contributed by atoms with E-state index in [0.717, 1.165) is 11.3 Å². The summed E-state index contributed by atoms with van der Waals surface area (Å²) in [7, 11) is 0. The van der Waals surface area contributed by atoms with Gasteiger partial charge in [0.25, 0.3) is 0 Å². The quantitative estimate of drug-likeness (QED) is 0.427. The van der Waals surface area contributed by atoms with Gasteiger partial charge >= 0.3 is 11.9 Å². The number of ether oxygens (including phenoxy) is 1. The summed E-state index contributed by atoms with van der Waals surface area (Å²) >= 11 is 5.83. The van der Waals surface area contributed by atoms with Gasteiger partial charge in [-0.3, -0.25) is 9.59 Å². The maximum absolute atomic E-state index is 11.1. The molecule has 84 valence electrons. The Labute approximate surface area is 97.6 Å². The molecular weight excluding hydrogens is 230 g/mol. The van der Waals surface area contributed by atoms with E-state index in [9.17, 15) is 9.59 Å². The van der Waals surface area contributed by atoms with Crippen molar-refractivity contribution in [2.24, 2.45) is 0 Å². The summed E-state index contributed by atoms with van der Waals surface area (Å²) in [5.41, 5.74) is 1.64. The predicted octanol–water partition coefficient (Wildman–Crippen LogP) is 1.99. The summed E-state index contributed by atoms with van der Waals surface area (Å²) in [6.45, 7) is 1.82. The van der Waals surface area contributed by atoms with Crippen LogP contribution >= 0.6 is 11.6 Å². The first-order chi connectivity index (χ1) is 7.54. The first kappa shape index (κ1) is 11.1. The van der Waals surface area contributed by atoms with Gasteiger partial charge in [-0.05, 0) is 24.6 Å². The first-order valence-corrected chi connectivity index (χ1v) is 5.30. The summed E-state index contributed by atoms with van der Waals surface area (Å²) in [5, 5.41) is 0.376. The predicted molar refractivity (Wildman–Crippen MR) is 57.1 cm³/mol. The van der Waals surface area contributed by atoms with Crippen LogP contribution in [0.4, 0.5) is 0 Å². The maximum Gasteiger partial charge on any atom is 0.314 e. The second-order valence-electron chi connectivity index (χ2n) is 3.82. The molecule has 2 heterocycles. The molecule has 0 bridgehead atoms. The van der Waals surface area contributed by atoms with Gasteiger partial charge in [0, 0.05) is 11.6 Å². The van der Waals surface area contributed by atoms with E-state index in [1.54, 1.807) is 6.07 Å². The van der Waals surface area contributed by atoms with Crippen molar-refractivity contribution in [3.63, 3.8) is 0 Å². The fraction of sp³-hybridized carbons (Fsp3) is 0.364. The molecule has 5 heteroatoms. The van der Waals surface area contributed by atoms with Crippen molar-refractivity contribution < 1.29 is 14.3 Å². The third-order valence-electron chi connectivity index (χ3n) is 2.47. The van der Waals surface area contributed by atoms with E-state index in [4.69, 9.17) is 11.6 Å². The van der Waals surface area contributed by atoms with Crippen molar-refractivity contribution in [3.05, 3.63) is 28.5 Å². The maximum atomic E-state index is 11.1. The zero-order valence-corrected chi connectivity index (χ0v) is 9.45. The zero-order valence-electron chi connectivity index (χ0n) is 8.70. The Hall–Kier alpha value is -1.42. The number of esters is 2. The molecule has 0 spiro atoms. The van der Waals surface area contributed by atoms with Gasteiger partial charge in [-0.15, -0.1) is 0 Å². The number of carbonyl (C=O) groups excluding carboxylic acids is 2. The monoisotopic (exact) mass is 239 g/mol. The Balaban J connectivity index is 2.29. The Bertz CT molecular complexity index is 422. The number of nitrogens with zero attached hydrogens (tertiary/aromatic N) is 1. The van der Waals surface area contributed by atoms with Crippen molar-refractivity contribution in [1.82, 2.24) is 4.98 Å². The van der Waals surface area contributed by atoms with Crippen LogP contribution in [-0.2, 0) is 14.3 Å². The Kier molecular flexibility index (Phi) is 2.92. The number of pyridine rings is 1. The molecule has 1 aromatic rings. The number of carbonyl (C=O) groups is 2. The summed E-state index contributed by atoms with van der Waals surface area (Å²) in [6, 6.07) is 3.52. The molecule has 16 heavy (non-hydrogen) atoms. The fourth-order valence-electron chi connectivity index (χ4n) is 1.81. The Morgan fingerprint density at radius 1 is 1.31 bits per heavy atom. The minimum atomic E-state index is -0.480. The van der Waals surface area contributed by atoms with Crippen LogP contribution in [0, 0.1) is 6.92 Å². The average Bonchev–Trinajstić information content (AvgIpc) is 2.14. The summed E-state index contributed by atoms with van der Waals surface area (Å²) in [6.07, 6.45) is 0.428. The number of halogens is 1. The van der Waals surface area contributed by atoms with Gasteiger partial charge in [-0.25, -0.2) is 4.98 Å². The molecule has 0 aliphatic carbocycles. The van der Waals surface area contributed by atoms with Gasteiger partial charge in [-0.2, -0.15) is 0 Å². The van der Waals surface area contributed by atoms with Crippen LogP contribution in [-0.4, -0.2) is 16.9 Å². The molecule has 0 unspecified atom stereocenters. The molecule has 0 N–H and O–H groups in total. The lowest BCUT2D eigenvalue weighted by molar-refractivity contribution is -0.163. The fourth-order valence-corrected chi connectivity index (χ4v) is 2.07. The SMILES string of the molecule is Cc1cc(C2CC(=O)OC(=O)C2)cc(Cl)n1. The molecule has 2 rings (SSSR count). The van der Waals surface area contributed by atoms with Crippen molar-refractivity contribution in [3.8, 4) is 0 Å². The van der Waals surface area contributed by atoms with Gasteiger partial charge in [0.1, 0.15) is 5.15 Å². The summed E-state index contributed by atoms with van der Waals surface area (Å²) in [5.74, 6) is -1.10. The molecule has 4 nitrogen and oxygen atoms in total. The first-order valence-electron chi connectivity index (χ1n) is 4.92. The molecule has 0 aromatic carbocycles. The van der Waals surface area contributed by atoms with Crippen molar-refractivity contribution in [2.75, 3.05) is 0 Å². The molecule has 0 radical (unpaired) electrons. The van der Waals surface area contributed by atoms with Gasteiger partial charge in [-0.1, -0.05) is 11.6 Å². The lowest BCUT2D eigenvalue weighted by Gasteiger charge is -2.20. The Morgan fingerprint density at radius 2 is 1.94 bits per heavy atom. The summed E-state index contributed by atoms with van der Waals surface area (Å²) < 4.78 is 4.47. The third kappa shape index (κ3) is 2.39. The molecule has 1 fully saturated rings. The molecule has 0 atom stereocenters. The van der Waals surface area contributed by atoms with E-state index in [1.807, 2.05) is 13.0 Å². The van der Waals surface area contributed by atoms with E-state index in [1.165, 1.54) is 0 Å². The number of hydrogen-bond donors (Lipinski definition) is 0. The number of cyclic esters (lactones) is 2. The van der Waals surface area contributed by atoms with Gasteiger partial charge < -0.3 is 4.74 Å². The molecule has 0 saturated carbocycles. The van der Waals surface area contributed by atoms with E-state index in [-0.39, 0.29) is 18.8 Å². The van der Waals surface area contributed by atoms with Crippen LogP contribution in [0.15, 0.2) is 12.1 Å². The highest BCUT2D eigenvalue weighted by atomic mass is 35.5. The lowest BCUT2D eigenvalue weighted by Crippen LogP contribution is -2.24. The zero-order chi connectivity index (χ0) is 11.7. The third-order valence-corrected chi connectivity index (χ3v) is 2.66. The van der Waals surface area contributed by atoms with Gasteiger partial charge in [0.05, 0.1) is 12.8 Å². The molecule has 1 aliphatic heterocycles. The number of hydrogen-bond acceptors (Lipinski definition) is 4. The standard InChI is InChI=1S/C11H10ClNO3/c1-6-2-7(3-9(12)13-6)8-4-10(14)16-11(15)5-8/h2-3,8H,4-5H2,1H3. The molecule has 1 aliphatic rings. The largest absolute Gasteiger partial charge is 0.393 e. The second-order valence-corrected chi connectivity index (χ2v) is 4.20. The Morgan fingerprint density at radius 3 is 2.50 bits per heavy atom. The van der Waals surface area contributed by atoms with Crippen LogP contribution < -0.4 is 0 Å². The van der Waals surface area contributed by atoms with Crippen LogP contribution in [0.2, 0.25) is 5.15 Å². The van der Waals surface area contributed by atoms with Gasteiger partial charge in [0.2, 0.25) is 0 Å². The van der Waals surface area contributed by atoms with Crippen LogP contribution in [0.25, 0.3) is 0 Å². The summed E-state index contributed by atoms with van der Waals surface area (Å²) in [4.78, 5) is 26.3. The smallest absolute Gasteiger partial charge is 0.314 e. The molecule has 1 saturated heterocycles. The topological polar surface area (TPSA) is 56.3 Å². The highest BCUT2D eigenvalue weighted by molar-refractivity contribution is 6.29. The molecule has 0 amide bonds. The minimum absolute atomic E-state index is 0.145. The van der Waals surface area contributed by atoms with Crippen LogP contribution in [0.5, 0.6) is 0 Å². The van der Waals surface area contributed by atoms with E-state index >= 15 is 0 Å². The molecular formula is C11H10ClNO3. The number of aryl methyl sites for hydroxylation is 1. The minimum Gasteiger partial charge on any atom is -0.393 e. The van der Waals surface area contributed by atoms with Crippen molar-refractivity contribution >= 4 is 23.5 Å². The average molecular weight is 240 g/mol. The van der Waals surface area contributed by atoms with Crippen LogP contribution in [0.3, 0.4) is 0 Å². The molecule has 1 aromatic heterocycles. The number of aromatic nitrogens is 1. The normalized spacial score (nSPS) is 17.4. The van der Waals surface area contributed by atoms with Crippen molar-refractivity contribution in [1.29, 1.82) is 0 Å².